The van der Waals surface area contributed by atoms with Crippen molar-refractivity contribution in [2.45, 2.75) is 90.4 Å². The highest BCUT2D eigenvalue weighted by Gasteiger charge is 1.95. The molecule has 0 radical (unpaired) electrons. The molecular formula is C21H36O2. The largest absolute Gasteiger partial charge is 0.481 e. The Morgan fingerprint density at radius 1 is 0.696 bits per heavy atom. The molecule has 0 spiro atoms. The van der Waals surface area contributed by atoms with Gasteiger partial charge < -0.3 is 5.11 Å². The summed E-state index contributed by atoms with van der Waals surface area (Å²) in [5, 5.41) is 8.53. The van der Waals surface area contributed by atoms with Gasteiger partial charge in [0.25, 0.3) is 0 Å². The second kappa shape index (κ2) is 18.7. The molecule has 2 heteroatoms. The van der Waals surface area contributed by atoms with Crippen LogP contribution in [0.15, 0.2) is 36.5 Å². The summed E-state index contributed by atoms with van der Waals surface area (Å²) in [4.78, 5) is 10.4. The number of unbranched alkanes of at least 4 members (excludes halogenated alkanes) is 8. The number of hydrogen-bond acceptors (Lipinski definition) is 1. The maximum absolute atomic E-state index is 10.4. The zero-order valence-electron chi connectivity index (χ0n) is 15.0. The highest BCUT2D eigenvalue weighted by molar-refractivity contribution is 5.66. The van der Waals surface area contributed by atoms with Gasteiger partial charge in [-0.05, 0) is 44.9 Å². The number of hydrogen-bond donors (Lipinski definition) is 1. The van der Waals surface area contributed by atoms with E-state index in [0.29, 0.717) is 6.42 Å². The van der Waals surface area contributed by atoms with E-state index in [9.17, 15) is 4.79 Å². The van der Waals surface area contributed by atoms with Crippen molar-refractivity contribution >= 4 is 5.97 Å². The molecule has 0 saturated carbocycles. The molecule has 0 aliphatic rings. The Bertz CT molecular complexity index is 340. The lowest BCUT2D eigenvalue weighted by Crippen LogP contribution is -1.93. The normalized spacial score (nSPS) is 12.0. The van der Waals surface area contributed by atoms with Gasteiger partial charge in [0, 0.05) is 6.42 Å². The highest BCUT2D eigenvalue weighted by atomic mass is 16.4. The van der Waals surface area contributed by atoms with E-state index in [4.69, 9.17) is 5.11 Å². The molecule has 0 aliphatic carbocycles. The van der Waals surface area contributed by atoms with Crippen LogP contribution in [-0.2, 0) is 4.79 Å². The molecular weight excluding hydrogens is 284 g/mol. The summed E-state index contributed by atoms with van der Waals surface area (Å²) in [6.45, 7) is 2.24. The van der Waals surface area contributed by atoms with Crippen LogP contribution < -0.4 is 0 Å². The van der Waals surface area contributed by atoms with Gasteiger partial charge in [0.1, 0.15) is 0 Å². The van der Waals surface area contributed by atoms with E-state index in [2.05, 4.69) is 43.4 Å². The van der Waals surface area contributed by atoms with Gasteiger partial charge in [-0.15, -0.1) is 0 Å². The molecule has 0 saturated heterocycles. The fraction of sp³-hybridized carbons (Fsp3) is 0.667. The first-order valence-electron chi connectivity index (χ1n) is 9.44. The van der Waals surface area contributed by atoms with Crippen molar-refractivity contribution in [3.05, 3.63) is 36.5 Å². The average Bonchev–Trinajstić information content (AvgIpc) is 2.53. The molecule has 0 fully saturated rings. The number of rotatable bonds is 16. The van der Waals surface area contributed by atoms with E-state index < -0.39 is 5.97 Å². The van der Waals surface area contributed by atoms with Gasteiger partial charge in [-0.3, -0.25) is 4.79 Å². The van der Waals surface area contributed by atoms with Gasteiger partial charge in [0.15, 0.2) is 0 Å². The number of carboxylic acids is 1. The summed E-state index contributed by atoms with van der Waals surface area (Å²) in [6, 6.07) is 0. The predicted octanol–water partition coefficient (Wildman–Crippen LogP) is 6.83. The van der Waals surface area contributed by atoms with Crippen LogP contribution in [0.25, 0.3) is 0 Å². The van der Waals surface area contributed by atoms with Crippen molar-refractivity contribution in [2.75, 3.05) is 0 Å². The molecule has 23 heavy (non-hydrogen) atoms. The van der Waals surface area contributed by atoms with Crippen LogP contribution in [0, 0.1) is 0 Å². The lowest BCUT2D eigenvalue weighted by atomic mass is 10.1. The third-order valence-corrected chi connectivity index (χ3v) is 3.78. The van der Waals surface area contributed by atoms with E-state index in [1.807, 2.05) is 0 Å². The van der Waals surface area contributed by atoms with Gasteiger partial charge in [-0.1, -0.05) is 75.5 Å². The fourth-order valence-corrected chi connectivity index (χ4v) is 2.36. The summed E-state index contributed by atoms with van der Waals surface area (Å²) < 4.78 is 0. The summed E-state index contributed by atoms with van der Waals surface area (Å²) in [7, 11) is 0. The van der Waals surface area contributed by atoms with Crippen molar-refractivity contribution in [3.63, 3.8) is 0 Å². The molecule has 0 aromatic rings. The van der Waals surface area contributed by atoms with E-state index >= 15 is 0 Å². The number of carboxylic acid groups (broad SMARTS) is 1. The van der Waals surface area contributed by atoms with Gasteiger partial charge in [0.2, 0.25) is 0 Å². The van der Waals surface area contributed by atoms with Gasteiger partial charge in [-0.25, -0.2) is 0 Å². The monoisotopic (exact) mass is 320 g/mol. The Morgan fingerprint density at radius 2 is 1.17 bits per heavy atom. The minimum absolute atomic E-state index is 0.320. The van der Waals surface area contributed by atoms with Gasteiger partial charge >= 0.3 is 5.97 Å². The summed E-state index contributed by atoms with van der Waals surface area (Å²) in [6.07, 6.45) is 27.7. The van der Waals surface area contributed by atoms with E-state index in [0.717, 1.165) is 38.5 Å². The van der Waals surface area contributed by atoms with Crippen molar-refractivity contribution in [3.8, 4) is 0 Å². The molecule has 0 atom stereocenters. The molecule has 0 aromatic carbocycles. The maximum atomic E-state index is 10.4. The molecule has 0 aromatic heterocycles. The second-order valence-electron chi connectivity index (χ2n) is 6.08. The molecule has 1 N–H and O–H groups in total. The first-order chi connectivity index (χ1) is 11.3. The molecule has 132 valence electrons. The summed E-state index contributed by atoms with van der Waals surface area (Å²) in [5.41, 5.74) is 0. The average molecular weight is 321 g/mol. The minimum Gasteiger partial charge on any atom is -0.481 e. The Labute approximate surface area is 143 Å². The second-order valence-corrected chi connectivity index (χ2v) is 6.08. The first-order valence-corrected chi connectivity index (χ1v) is 9.44. The van der Waals surface area contributed by atoms with Crippen LogP contribution in [-0.4, -0.2) is 11.1 Å². The first kappa shape index (κ1) is 21.7. The Kier molecular flexibility index (Phi) is 17.7. The predicted molar refractivity (Wildman–Crippen MR) is 101 cm³/mol. The van der Waals surface area contributed by atoms with Crippen LogP contribution in [0.2, 0.25) is 0 Å². The lowest BCUT2D eigenvalue weighted by molar-refractivity contribution is -0.137. The Balaban J connectivity index is 3.27. The van der Waals surface area contributed by atoms with Crippen molar-refractivity contribution in [1.29, 1.82) is 0 Å². The van der Waals surface area contributed by atoms with Crippen molar-refractivity contribution in [2.24, 2.45) is 0 Å². The zero-order valence-corrected chi connectivity index (χ0v) is 15.0. The van der Waals surface area contributed by atoms with Crippen LogP contribution in [0.5, 0.6) is 0 Å². The third-order valence-electron chi connectivity index (χ3n) is 3.78. The molecule has 2 nitrogen and oxygen atoms in total. The van der Waals surface area contributed by atoms with Crippen LogP contribution in [0.1, 0.15) is 90.4 Å². The summed E-state index contributed by atoms with van der Waals surface area (Å²) in [5.74, 6) is -0.673. The van der Waals surface area contributed by atoms with Crippen LogP contribution >= 0.6 is 0 Å². The van der Waals surface area contributed by atoms with E-state index in [-0.39, 0.29) is 0 Å². The number of aliphatic carboxylic acids is 1. The molecule has 0 rings (SSSR count). The van der Waals surface area contributed by atoms with E-state index in [1.165, 1.54) is 38.5 Å². The lowest BCUT2D eigenvalue weighted by Gasteiger charge is -1.98. The highest BCUT2D eigenvalue weighted by Crippen LogP contribution is 2.08. The molecule has 0 heterocycles. The quantitative estimate of drug-likeness (QED) is 0.250. The maximum Gasteiger partial charge on any atom is 0.303 e. The third kappa shape index (κ3) is 20.7. The molecule has 0 unspecified atom stereocenters. The van der Waals surface area contributed by atoms with Crippen molar-refractivity contribution in [1.82, 2.24) is 0 Å². The van der Waals surface area contributed by atoms with Crippen molar-refractivity contribution < 1.29 is 9.90 Å². The van der Waals surface area contributed by atoms with Crippen LogP contribution in [0.3, 0.4) is 0 Å². The minimum atomic E-state index is -0.673. The Morgan fingerprint density at radius 3 is 1.74 bits per heavy atom. The smallest absolute Gasteiger partial charge is 0.303 e. The number of allylic oxidation sites excluding steroid dienone is 6. The topological polar surface area (TPSA) is 37.3 Å². The molecule has 0 aliphatic heterocycles. The zero-order chi connectivity index (χ0) is 17.0. The Hall–Kier alpha value is -1.31. The molecule has 0 bridgehead atoms. The fourth-order valence-electron chi connectivity index (χ4n) is 2.36. The molecule has 0 amide bonds. The SMILES string of the molecule is CCCCC/C=C/C/C=C/C/C=C/CCCCCCCC(=O)O. The standard InChI is InChI=1S/C21H36O2/c1-2-3-4-5-6-7-8-9-10-11-12-13-14-15-16-17-18-19-20-21(22)23/h6-7,9-10,12-13H,2-5,8,11,14-20H2,1H3,(H,22,23)/b7-6+,10-9+,13-12+. The van der Waals surface area contributed by atoms with Gasteiger partial charge in [-0.2, -0.15) is 0 Å². The number of carbonyl (C=O) groups is 1. The van der Waals surface area contributed by atoms with Gasteiger partial charge in [0.05, 0.1) is 0 Å². The summed E-state index contributed by atoms with van der Waals surface area (Å²) >= 11 is 0. The van der Waals surface area contributed by atoms with Crippen LogP contribution in [0.4, 0.5) is 0 Å². The van der Waals surface area contributed by atoms with E-state index in [1.54, 1.807) is 0 Å².